The Morgan fingerprint density at radius 3 is 2.39 bits per heavy atom. The van der Waals surface area contributed by atoms with Gasteiger partial charge in [0.15, 0.2) is 5.78 Å². The summed E-state index contributed by atoms with van der Waals surface area (Å²) in [6.07, 6.45) is 3.44. The van der Waals surface area contributed by atoms with Gasteiger partial charge in [0.1, 0.15) is 5.69 Å². The number of aryl methyl sites for hydroxylation is 1. The van der Waals surface area contributed by atoms with Gasteiger partial charge >= 0.3 is 0 Å². The Morgan fingerprint density at radius 2 is 1.75 bits per heavy atom. The molecule has 3 rings (SSSR count). The summed E-state index contributed by atoms with van der Waals surface area (Å²) in [5.74, 6) is -0.199. The molecule has 6 nitrogen and oxygen atoms in total. The number of ketones is 1. The molecule has 2 heterocycles. The van der Waals surface area contributed by atoms with E-state index in [4.69, 9.17) is 0 Å². The molecule has 1 aliphatic rings. The standard InChI is InChI=1S/C22H25N3O3/c1-16-5-7-17(8-6-16)20(26)9-10-21(27)25-14-11-18(12-15-25)24-22(28)19-4-2-3-13-23-19/h2-8,13,18H,9-12,14-15H2,1H3,(H,24,28). The molecule has 0 aliphatic carbocycles. The summed E-state index contributed by atoms with van der Waals surface area (Å²) in [5, 5.41) is 2.98. The second-order valence-electron chi connectivity index (χ2n) is 7.13. The largest absolute Gasteiger partial charge is 0.348 e. The lowest BCUT2D eigenvalue weighted by Crippen LogP contribution is -2.46. The quantitative estimate of drug-likeness (QED) is 0.783. The summed E-state index contributed by atoms with van der Waals surface area (Å²) in [4.78, 5) is 42.6. The van der Waals surface area contributed by atoms with Gasteiger partial charge in [-0.25, -0.2) is 0 Å². The number of pyridine rings is 1. The highest BCUT2D eigenvalue weighted by molar-refractivity contribution is 5.98. The van der Waals surface area contributed by atoms with Crippen LogP contribution in [0.25, 0.3) is 0 Å². The van der Waals surface area contributed by atoms with Crippen LogP contribution in [-0.4, -0.2) is 46.6 Å². The summed E-state index contributed by atoms with van der Waals surface area (Å²) >= 11 is 0. The van der Waals surface area contributed by atoms with Crippen LogP contribution in [0.3, 0.4) is 0 Å². The fraction of sp³-hybridized carbons (Fsp3) is 0.364. The first-order valence-electron chi connectivity index (χ1n) is 9.62. The number of likely N-dealkylation sites (tertiary alicyclic amines) is 1. The van der Waals surface area contributed by atoms with Crippen LogP contribution < -0.4 is 5.32 Å². The minimum absolute atomic E-state index is 0.00466. The minimum Gasteiger partial charge on any atom is -0.348 e. The number of hydrogen-bond acceptors (Lipinski definition) is 4. The molecule has 0 radical (unpaired) electrons. The molecule has 0 spiro atoms. The van der Waals surface area contributed by atoms with Gasteiger partial charge in [0.25, 0.3) is 5.91 Å². The van der Waals surface area contributed by atoms with Crippen LogP contribution in [0.5, 0.6) is 0 Å². The molecule has 28 heavy (non-hydrogen) atoms. The fourth-order valence-electron chi connectivity index (χ4n) is 3.29. The molecular formula is C22H25N3O3. The normalized spacial score (nSPS) is 14.5. The van der Waals surface area contributed by atoms with Gasteiger partial charge in [0.05, 0.1) is 0 Å². The highest BCUT2D eigenvalue weighted by Gasteiger charge is 2.24. The van der Waals surface area contributed by atoms with Crippen LogP contribution >= 0.6 is 0 Å². The Labute approximate surface area is 165 Å². The predicted molar refractivity (Wildman–Crippen MR) is 106 cm³/mol. The lowest BCUT2D eigenvalue weighted by atomic mass is 10.0. The lowest BCUT2D eigenvalue weighted by Gasteiger charge is -2.32. The van der Waals surface area contributed by atoms with Crippen LogP contribution in [0.1, 0.15) is 52.1 Å². The third kappa shape index (κ3) is 5.25. The molecule has 0 atom stereocenters. The van der Waals surface area contributed by atoms with Gasteiger partial charge in [-0.2, -0.15) is 0 Å². The molecule has 0 saturated carbocycles. The average molecular weight is 379 g/mol. The van der Waals surface area contributed by atoms with E-state index >= 15 is 0 Å². The number of hydrogen-bond donors (Lipinski definition) is 1. The highest BCUT2D eigenvalue weighted by Crippen LogP contribution is 2.14. The molecule has 1 aromatic heterocycles. The number of carbonyl (C=O) groups is 3. The zero-order valence-corrected chi connectivity index (χ0v) is 16.1. The van der Waals surface area contributed by atoms with Crippen LogP contribution in [0.15, 0.2) is 48.7 Å². The van der Waals surface area contributed by atoms with E-state index in [0.717, 1.165) is 5.56 Å². The van der Waals surface area contributed by atoms with Crippen LogP contribution in [0.2, 0.25) is 0 Å². The Balaban J connectivity index is 1.41. The molecule has 146 valence electrons. The van der Waals surface area contributed by atoms with Gasteiger partial charge < -0.3 is 10.2 Å². The van der Waals surface area contributed by atoms with E-state index in [9.17, 15) is 14.4 Å². The van der Waals surface area contributed by atoms with E-state index in [1.54, 1.807) is 41.4 Å². The SMILES string of the molecule is Cc1ccc(C(=O)CCC(=O)N2CCC(NC(=O)c3ccccn3)CC2)cc1. The predicted octanol–water partition coefficient (Wildman–Crippen LogP) is 2.77. The van der Waals surface area contributed by atoms with E-state index in [-0.39, 0.29) is 36.5 Å². The Morgan fingerprint density at radius 1 is 1.04 bits per heavy atom. The number of amides is 2. The van der Waals surface area contributed by atoms with Crippen molar-refractivity contribution in [1.29, 1.82) is 0 Å². The number of rotatable bonds is 6. The number of benzene rings is 1. The smallest absolute Gasteiger partial charge is 0.270 e. The van der Waals surface area contributed by atoms with Crippen molar-refractivity contribution < 1.29 is 14.4 Å². The maximum Gasteiger partial charge on any atom is 0.270 e. The summed E-state index contributed by atoms with van der Waals surface area (Å²) in [7, 11) is 0. The molecule has 6 heteroatoms. The number of nitrogens with zero attached hydrogens (tertiary/aromatic N) is 2. The number of Topliss-reactive ketones (excluding diaryl/α,β-unsaturated/α-hetero) is 1. The van der Waals surface area contributed by atoms with Crippen molar-refractivity contribution in [2.45, 2.75) is 38.6 Å². The van der Waals surface area contributed by atoms with Crippen molar-refractivity contribution in [2.24, 2.45) is 0 Å². The summed E-state index contributed by atoms with van der Waals surface area (Å²) in [6, 6.07) is 12.7. The molecule has 0 bridgehead atoms. The summed E-state index contributed by atoms with van der Waals surface area (Å²) in [6.45, 7) is 3.15. The van der Waals surface area contributed by atoms with Gasteiger partial charge in [-0.3, -0.25) is 19.4 Å². The maximum atomic E-state index is 12.4. The molecule has 1 aliphatic heterocycles. The van der Waals surface area contributed by atoms with Gasteiger partial charge in [0.2, 0.25) is 5.91 Å². The Hall–Kier alpha value is -3.02. The molecule has 1 aromatic carbocycles. The lowest BCUT2D eigenvalue weighted by molar-refractivity contribution is -0.132. The molecular weight excluding hydrogens is 354 g/mol. The number of carbonyl (C=O) groups excluding carboxylic acids is 3. The first kappa shape index (κ1) is 19.7. The van der Waals surface area contributed by atoms with Crippen LogP contribution in [0, 0.1) is 6.92 Å². The average Bonchev–Trinajstić information content (AvgIpc) is 2.73. The second kappa shape index (κ2) is 9.26. The molecule has 1 saturated heterocycles. The van der Waals surface area contributed by atoms with Crippen molar-refractivity contribution in [3.63, 3.8) is 0 Å². The molecule has 1 fully saturated rings. The zero-order chi connectivity index (χ0) is 19.9. The van der Waals surface area contributed by atoms with Gasteiger partial charge in [0, 0.05) is 43.7 Å². The van der Waals surface area contributed by atoms with Gasteiger partial charge in [-0.1, -0.05) is 35.9 Å². The minimum atomic E-state index is -0.186. The molecule has 0 unspecified atom stereocenters. The number of nitrogens with one attached hydrogen (secondary N) is 1. The number of piperidine rings is 1. The molecule has 2 amide bonds. The summed E-state index contributed by atoms with van der Waals surface area (Å²) < 4.78 is 0. The van der Waals surface area contributed by atoms with Crippen LogP contribution in [-0.2, 0) is 4.79 Å². The van der Waals surface area contributed by atoms with E-state index in [2.05, 4.69) is 10.3 Å². The van der Waals surface area contributed by atoms with Crippen LogP contribution in [0.4, 0.5) is 0 Å². The Bertz CT molecular complexity index is 826. The third-order valence-electron chi connectivity index (χ3n) is 5.02. The third-order valence-corrected chi connectivity index (χ3v) is 5.02. The van der Waals surface area contributed by atoms with Gasteiger partial charge in [-0.05, 0) is 31.9 Å². The van der Waals surface area contributed by atoms with Crippen molar-refractivity contribution in [3.8, 4) is 0 Å². The van der Waals surface area contributed by atoms with Crippen molar-refractivity contribution in [1.82, 2.24) is 15.2 Å². The highest BCUT2D eigenvalue weighted by atomic mass is 16.2. The maximum absolute atomic E-state index is 12.4. The molecule has 2 aromatic rings. The Kier molecular flexibility index (Phi) is 6.53. The summed E-state index contributed by atoms with van der Waals surface area (Å²) in [5.41, 5.74) is 2.15. The van der Waals surface area contributed by atoms with Crippen molar-refractivity contribution in [3.05, 3.63) is 65.5 Å². The van der Waals surface area contributed by atoms with E-state index in [1.807, 2.05) is 19.1 Å². The topological polar surface area (TPSA) is 79.4 Å². The van der Waals surface area contributed by atoms with Crippen molar-refractivity contribution in [2.75, 3.05) is 13.1 Å². The van der Waals surface area contributed by atoms with E-state index < -0.39 is 0 Å². The zero-order valence-electron chi connectivity index (χ0n) is 16.1. The fourth-order valence-corrected chi connectivity index (χ4v) is 3.29. The van der Waals surface area contributed by atoms with Gasteiger partial charge in [-0.15, -0.1) is 0 Å². The van der Waals surface area contributed by atoms with E-state index in [1.165, 1.54) is 0 Å². The number of aromatic nitrogens is 1. The first-order chi connectivity index (χ1) is 13.5. The van der Waals surface area contributed by atoms with E-state index in [0.29, 0.717) is 37.2 Å². The monoisotopic (exact) mass is 379 g/mol. The first-order valence-corrected chi connectivity index (χ1v) is 9.62. The second-order valence-corrected chi connectivity index (χ2v) is 7.13. The van der Waals surface area contributed by atoms with Crippen molar-refractivity contribution >= 4 is 17.6 Å². The molecule has 1 N–H and O–H groups in total.